The largest absolute Gasteiger partial charge is 0.386 e. The van der Waals surface area contributed by atoms with Crippen LogP contribution in [0.1, 0.15) is 33.3 Å². The molecule has 0 N–H and O–H groups in total. The number of hydrogen-bond donors (Lipinski definition) is 0. The van der Waals surface area contributed by atoms with Crippen LogP contribution in [0.3, 0.4) is 0 Å². The first kappa shape index (κ1) is 23.7. The second kappa shape index (κ2) is 9.94. The number of anilines is 1. The molecule has 2 aromatic rings. The van der Waals surface area contributed by atoms with Crippen molar-refractivity contribution in [3.05, 3.63) is 58.1 Å². The van der Waals surface area contributed by atoms with Crippen molar-refractivity contribution < 1.29 is 22.3 Å². The van der Waals surface area contributed by atoms with Gasteiger partial charge in [0.2, 0.25) is 0 Å². The number of carbonyl (C=O) groups excluding carboxylic acids is 1. The Hall–Kier alpha value is -2.59. The van der Waals surface area contributed by atoms with E-state index < -0.39 is 20.9 Å². The van der Waals surface area contributed by atoms with Crippen LogP contribution in [0.4, 0.5) is 11.4 Å². The summed E-state index contributed by atoms with van der Waals surface area (Å²) in [6.07, 6.45) is 0.830. The molecule has 2 rings (SSSR count). The van der Waals surface area contributed by atoms with Gasteiger partial charge in [-0.2, -0.15) is 0 Å². The minimum absolute atomic E-state index is 0.0403. The van der Waals surface area contributed by atoms with Crippen molar-refractivity contribution in [2.24, 2.45) is 5.92 Å². The predicted molar refractivity (Wildman–Crippen MR) is 116 cm³/mol. The molecule has 0 aliphatic rings. The number of aryl methyl sites for hydroxylation is 1. The van der Waals surface area contributed by atoms with Crippen molar-refractivity contribution in [2.75, 3.05) is 10.8 Å². The molecule has 0 atom stereocenters. The third kappa shape index (κ3) is 5.73. The summed E-state index contributed by atoms with van der Waals surface area (Å²) in [5.74, 6) is -0.612. The summed E-state index contributed by atoms with van der Waals surface area (Å²) >= 11 is 0.466. The minimum atomic E-state index is -4.02. The minimum Gasteiger partial charge on any atom is -0.386 e. The van der Waals surface area contributed by atoms with Crippen LogP contribution in [-0.4, -0.2) is 25.9 Å². The number of nitro groups is 1. The van der Waals surface area contributed by atoms with Gasteiger partial charge in [0.15, 0.2) is 0 Å². The van der Waals surface area contributed by atoms with Crippen molar-refractivity contribution in [1.82, 2.24) is 0 Å². The molecule has 162 valence electrons. The van der Waals surface area contributed by atoms with Crippen LogP contribution < -0.4 is 4.31 Å². The van der Waals surface area contributed by atoms with Crippen LogP contribution in [0.5, 0.6) is 0 Å². The Bertz CT molecular complexity index is 1020. The van der Waals surface area contributed by atoms with E-state index in [9.17, 15) is 23.3 Å². The number of rotatable bonds is 9. The highest BCUT2D eigenvalue weighted by Crippen LogP contribution is 2.34. The number of nitrogens with zero attached hydrogens (tertiary/aromatic N) is 2. The number of sulfonamides is 1. The maximum absolute atomic E-state index is 13.4. The SMILES string of the molecule is CCc1ccc(N(CC(C)C)S(=O)(=O)c2ccc([N+](=O)[O-])c(SOC(C)=O)c2)cc1. The summed E-state index contributed by atoms with van der Waals surface area (Å²) in [7, 11) is -4.02. The summed E-state index contributed by atoms with van der Waals surface area (Å²) in [5.41, 5.74) is 1.24. The van der Waals surface area contributed by atoms with Crippen LogP contribution in [0.15, 0.2) is 52.3 Å². The van der Waals surface area contributed by atoms with E-state index in [1.165, 1.54) is 10.4 Å². The Morgan fingerprint density at radius 3 is 2.33 bits per heavy atom. The first-order valence-corrected chi connectivity index (χ1v) is 11.5. The Morgan fingerprint density at radius 2 is 1.83 bits per heavy atom. The van der Waals surface area contributed by atoms with Gasteiger partial charge in [-0.3, -0.25) is 19.2 Å². The van der Waals surface area contributed by atoms with Gasteiger partial charge in [-0.15, -0.1) is 0 Å². The van der Waals surface area contributed by atoms with Gasteiger partial charge in [-0.1, -0.05) is 32.9 Å². The molecule has 0 amide bonds. The van der Waals surface area contributed by atoms with Crippen LogP contribution in [-0.2, 0) is 25.4 Å². The van der Waals surface area contributed by atoms with Gasteiger partial charge >= 0.3 is 5.97 Å². The van der Waals surface area contributed by atoms with Crippen molar-refractivity contribution in [3.8, 4) is 0 Å². The molecule has 0 bridgehead atoms. The molecule has 0 unspecified atom stereocenters. The van der Waals surface area contributed by atoms with E-state index in [-0.39, 0.29) is 27.9 Å². The molecule has 0 saturated heterocycles. The molecule has 10 heteroatoms. The highest BCUT2D eigenvalue weighted by Gasteiger charge is 2.28. The molecule has 30 heavy (non-hydrogen) atoms. The zero-order valence-electron chi connectivity index (χ0n) is 17.2. The molecule has 0 aromatic heterocycles. The Balaban J connectivity index is 2.54. The second-order valence-corrected chi connectivity index (χ2v) is 9.63. The van der Waals surface area contributed by atoms with Gasteiger partial charge in [0.1, 0.15) is 16.9 Å². The number of hydrogen-bond acceptors (Lipinski definition) is 7. The van der Waals surface area contributed by atoms with Crippen molar-refractivity contribution in [1.29, 1.82) is 0 Å². The van der Waals surface area contributed by atoms with Crippen molar-refractivity contribution in [3.63, 3.8) is 0 Å². The fourth-order valence-electron chi connectivity index (χ4n) is 2.68. The average molecular weight is 453 g/mol. The molecule has 0 radical (unpaired) electrons. The topological polar surface area (TPSA) is 107 Å². The second-order valence-electron chi connectivity index (χ2n) is 6.99. The fraction of sp³-hybridized carbons (Fsp3) is 0.350. The lowest BCUT2D eigenvalue weighted by atomic mass is 10.1. The van der Waals surface area contributed by atoms with E-state index >= 15 is 0 Å². The van der Waals surface area contributed by atoms with E-state index in [0.717, 1.165) is 31.0 Å². The van der Waals surface area contributed by atoms with Crippen LogP contribution in [0.25, 0.3) is 0 Å². The van der Waals surface area contributed by atoms with Crippen molar-refractivity contribution in [2.45, 2.75) is 43.9 Å². The first-order chi connectivity index (χ1) is 14.1. The van der Waals surface area contributed by atoms with Gasteiger partial charge < -0.3 is 4.18 Å². The quantitative estimate of drug-likeness (QED) is 0.311. The Morgan fingerprint density at radius 1 is 1.20 bits per heavy atom. The van der Waals surface area contributed by atoms with Crippen molar-refractivity contribution >= 4 is 39.4 Å². The van der Waals surface area contributed by atoms with Crippen LogP contribution >= 0.6 is 12.0 Å². The van der Waals surface area contributed by atoms with E-state index in [1.54, 1.807) is 12.1 Å². The van der Waals surface area contributed by atoms with E-state index in [4.69, 9.17) is 4.18 Å². The monoisotopic (exact) mass is 452 g/mol. The molecule has 0 aliphatic heterocycles. The molecule has 0 saturated carbocycles. The normalized spacial score (nSPS) is 11.4. The van der Waals surface area contributed by atoms with Gasteiger partial charge in [-0.05, 0) is 42.2 Å². The summed E-state index contributed by atoms with van der Waals surface area (Å²) in [6.45, 7) is 7.21. The third-order valence-corrected chi connectivity index (χ3v) is 6.74. The highest BCUT2D eigenvalue weighted by atomic mass is 32.2. The van der Waals surface area contributed by atoms with Gasteiger partial charge in [0.25, 0.3) is 15.7 Å². The summed E-state index contributed by atoms with van der Waals surface area (Å²) in [6, 6.07) is 10.7. The summed E-state index contributed by atoms with van der Waals surface area (Å²) in [4.78, 5) is 21.5. The maximum Gasteiger partial charge on any atom is 0.315 e. The average Bonchev–Trinajstić information content (AvgIpc) is 2.70. The lowest BCUT2D eigenvalue weighted by Crippen LogP contribution is -2.34. The zero-order chi connectivity index (χ0) is 22.5. The van der Waals surface area contributed by atoms with Gasteiger partial charge in [0.05, 0.1) is 15.5 Å². The number of benzene rings is 2. The highest BCUT2D eigenvalue weighted by molar-refractivity contribution is 7.95. The van der Waals surface area contributed by atoms with Crippen LogP contribution in [0, 0.1) is 16.0 Å². The Labute approximate surface area is 180 Å². The summed E-state index contributed by atoms with van der Waals surface area (Å²) in [5, 5.41) is 11.3. The molecule has 2 aromatic carbocycles. The lowest BCUT2D eigenvalue weighted by molar-refractivity contribution is -0.387. The maximum atomic E-state index is 13.4. The molecule has 8 nitrogen and oxygen atoms in total. The van der Waals surface area contributed by atoms with E-state index in [0.29, 0.717) is 17.7 Å². The summed E-state index contributed by atoms with van der Waals surface area (Å²) < 4.78 is 32.9. The third-order valence-electron chi connectivity index (χ3n) is 4.13. The van der Waals surface area contributed by atoms with E-state index in [2.05, 4.69) is 0 Å². The Kier molecular flexibility index (Phi) is 7.85. The number of carbonyl (C=O) groups is 1. The fourth-order valence-corrected chi connectivity index (χ4v) is 5.01. The van der Waals surface area contributed by atoms with Gasteiger partial charge in [-0.25, -0.2) is 8.42 Å². The van der Waals surface area contributed by atoms with Crippen LogP contribution in [0.2, 0.25) is 0 Å². The molecular weight excluding hydrogens is 428 g/mol. The van der Waals surface area contributed by atoms with Gasteiger partial charge in [0, 0.05) is 19.5 Å². The standard InChI is InChI=1S/C20H24N2O6S2/c1-5-16-6-8-17(9-7-16)21(13-14(2)3)30(26,27)18-10-11-19(22(24)25)20(12-18)29-28-15(4)23/h6-12,14H,5,13H2,1-4H3. The smallest absolute Gasteiger partial charge is 0.315 e. The molecule has 0 fully saturated rings. The lowest BCUT2D eigenvalue weighted by Gasteiger charge is -2.26. The first-order valence-electron chi connectivity index (χ1n) is 9.31. The molecular formula is C20H24N2O6S2. The van der Waals surface area contributed by atoms with E-state index in [1.807, 2.05) is 32.9 Å². The molecule has 0 heterocycles. The number of nitro benzene ring substituents is 1. The molecule has 0 spiro atoms. The zero-order valence-corrected chi connectivity index (χ0v) is 18.8. The molecule has 0 aliphatic carbocycles. The predicted octanol–water partition coefficient (Wildman–Crippen LogP) is 4.58.